The van der Waals surface area contributed by atoms with Crippen molar-refractivity contribution in [2.24, 2.45) is 0 Å². The monoisotopic (exact) mass is 296 g/mol. The molecule has 3 heteroatoms. The molecule has 3 nitrogen and oxygen atoms in total. The van der Waals surface area contributed by atoms with Crippen molar-refractivity contribution in [3.63, 3.8) is 0 Å². The van der Waals surface area contributed by atoms with E-state index in [1.54, 1.807) is 0 Å². The smallest absolute Gasteiger partial charge is 0.319 e. The van der Waals surface area contributed by atoms with Crippen LogP contribution in [-0.4, -0.2) is 6.03 Å². The highest BCUT2D eigenvalue weighted by Crippen LogP contribution is 2.19. The number of rotatable bonds is 5. The van der Waals surface area contributed by atoms with E-state index in [4.69, 9.17) is 0 Å². The van der Waals surface area contributed by atoms with Crippen LogP contribution in [-0.2, 0) is 6.42 Å². The summed E-state index contributed by atoms with van der Waals surface area (Å²) in [6.45, 7) is 6.22. The molecular weight excluding hydrogens is 272 g/mol. The number of nitrogens with one attached hydrogen (secondary N) is 2. The highest BCUT2D eigenvalue weighted by Gasteiger charge is 2.13. The fourth-order valence-corrected chi connectivity index (χ4v) is 2.49. The van der Waals surface area contributed by atoms with E-state index in [0.29, 0.717) is 0 Å². The maximum Gasteiger partial charge on any atom is 0.319 e. The second-order valence-electron chi connectivity index (χ2n) is 5.48. The molecule has 2 rings (SSSR count). The van der Waals surface area contributed by atoms with Crippen molar-refractivity contribution < 1.29 is 4.79 Å². The lowest BCUT2D eigenvalue weighted by molar-refractivity contribution is 0.248. The summed E-state index contributed by atoms with van der Waals surface area (Å²) in [7, 11) is 0. The molecule has 0 spiro atoms. The minimum Gasteiger partial charge on any atom is -0.331 e. The molecule has 0 aromatic heterocycles. The van der Waals surface area contributed by atoms with E-state index in [-0.39, 0.29) is 12.1 Å². The Morgan fingerprint density at radius 1 is 1.05 bits per heavy atom. The van der Waals surface area contributed by atoms with Crippen LogP contribution in [0.1, 0.15) is 43.0 Å². The van der Waals surface area contributed by atoms with Crippen LogP contribution in [0.5, 0.6) is 0 Å². The predicted molar refractivity (Wildman–Crippen MR) is 92.2 cm³/mol. The molecule has 2 aromatic rings. The van der Waals surface area contributed by atoms with Gasteiger partial charge in [-0.2, -0.15) is 0 Å². The predicted octanol–water partition coefficient (Wildman–Crippen LogP) is 4.83. The Morgan fingerprint density at radius 2 is 1.73 bits per heavy atom. The van der Waals surface area contributed by atoms with Crippen LogP contribution >= 0.6 is 0 Å². The van der Waals surface area contributed by atoms with E-state index in [1.165, 1.54) is 5.56 Å². The van der Waals surface area contributed by atoms with Gasteiger partial charge in [-0.15, -0.1) is 0 Å². The SMILES string of the molecule is CCc1ccccc1NC(=O)N[C@@H](CC)c1ccc(C)cc1. The van der Waals surface area contributed by atoms with Gasteiger partial charge in [-0.25, -0.2) is 4.79 Å². The third-order valence-electron chi connectivity index (χ3n) is 3.84. The van der Waals surface area contributed by atoms with Gasteiger partial charge in [-0.3, -0.25) is 0 Å². The van der Waals surface area contributed by atoms with Gasteiger partial charge in [-0.05, 0) is 37.0 Å². The molecule has 2 N–H and O–H groups in total. The van der Waals surface area contributed by atoms with E-state index in [9.17, 15) is 4.79 Å². The van der Waals surface area contributed by atoms with Crippen LogP contribution in [0.25, 0.3) is 0 Å². The van der Waals surface area contributed by atoms with E-state index in [2.05, 4.69) is 55.7 Å². The Labute approximate surface area is 132 Å². The number of carbonyl (C=O) groups excluding carboxylic acids is 1. The van der Waals surface area contributed by atoms with Crippen molar-refractivity contribution in [3.05, 3.63) is 65.2 Å². The van der Waals surface area contributed by atoms with Crippen LogP contribution in [0.15, 0.2) is 48.5 Å². The number of amides is 2. The van der Waals surface area contributed by atoms with Crippen LogP contribution in [0, 0.1) is 6.92 Å². The lowest BCUT2D eigenvalue weighted by Gasteiger charge is -2.19. The second kappa shape index (κ2) is 7.64. The molecule has 0 saturated carbocycles. The Bertz CT molecular complexity index is 620. The number of benzene rings is 2. The van der Waals surface area contributed by atoms with Gasteiger partial charge in [0.25, 0.3) is 0 Å². The van der Waals surface area contributed by atoms with Gasteiger partial charge >= 0.3 is 6.03 Å². The summed E-state index contributed by atoms with van der Waals surface area (Å²) < 4.78 is 0. The van der Waals surface area contributed by atoms with E-state index in [0.717, 1.165) is 29.7 Å². The first kappa shape index (κ1) is 16.1. The van der Waals surface area contributed by atoms with Crippen LogP contribution in [0.4, 0.5) is 10.5 Å². The number of urea groups is 1. The summed E-state index contributed by atoms with van der Waals surface area (Å²) in [5, 5.41) is 6.01. The van der Waals surface area contributed by atoms with Crippen molar-refractivity contribution in [2.45, 2.75) is 39.7 Å². The number of aryl methyl sites for hydroxylation is 2. The first-order valence-electron chi connectivity index (χ1n) is 7.86. The first-order chi connectivity index (χ1) is 10.6. The van der Waals surface area contributed by atoms with Crippen molar-refractivity contribution in [2.75, 3.05) is 5.32 Å². The fraction of sp³-hybridized carbons (Fsp3) is 0.316. The molecule has 0 aliphatic rings. The molecule has 0 aliphatic heterocycles. The third-order valence-corrected chi connectivity index (χ3v) is 3.84. The zero-order valence-electron chi connectivity index (χ0n) is 13.5. The lowest BCUT2D eigenvalue weighted by atomic mass is 10.0. The number of hydrogen-bond donors (Lipinski definition) is 2. The topological polar surface area (TPSA) is 41.1 Å². The second-order valence-corrected chi connectivity index (χ2v) is 5.48. The summed E-state index contributed by atoms with van der Waals surface area (Å²) in [5.74, 6) is 0. The van der Waals surface area contributed by atoms with Gasteiger partial charge < -0.3 is 10.6 Å². The maximum atomic E-state index is 12.3. The third kappa shape index (κ3) is 4.10. The minimum absolute atomic E-state index is 0.0226. The largest absolute Gasteiger partial charge is 0.331 e. The van der Waals surface area contributed by atoms with E-state index < -0.39 is 0 Å². The number of para-hydroxylation sites is 1. The van der Waals surface area contributed by atoms with E-state index >= 15 is 0 Å². The Balaban J connectivity index is 2.05. The van der Waals surface area contributed by atoms with Crippen molar-refractivity contribution in [1.29, 1.82) is 0 Å². The Hall–Kier alpha value is -2.29. The number of carbonyl (C=O) groups is 1. The van der Waals surface area contributed by atoms with Gasteiger partial charge in [0.2, 0.25) is 0 Å². The fourth-order valence-electron chi connectivity index (χ4n) is 2.49. The van der Waals surface area contributed by atoms with Gasteiger partial charge in [-0.1, -0.05) is 61.9 Å². The molecule has 0 saturated heterocycles. The molecule has 22 heavy (non-hydrogen) atoms. The molecule has 0 fully saturated rings. The van der Waals surface area contributed by atoms with E-state index in [1.807, 2.05) is 24.3 Å². The molecule has 1 atom stereocenters. The number of hydrogen-bond acceptors (Lipinski definition) is 1. The summed E-state index contributed by atoms with van der Waals surface area (Å²) >= 11 is 0. The molecule has 2 aromatic carbocycles. The zero-order valence-corrected chi connectivity index (χ0v) is 13.5. The average molecular weight is 296 g/mol. The molecule has 0 radical (unpaired) electrons. The number of anilines is 1. The zero-order chi connectivity index (χ0) is 15.9. The molecule has 0 aliphatic carbocycles. The highest BCUT2D eigenvalue weighted by molar-refractivity contribution is 5.90. The summed E-state index contributed by atoms with van der Waals surface area (Å²) in [5.41, 5.74) is 4.37. The quantitative estimate of drug-likeness (QED) is 0.815. The van der Waals surface area contributed by atoms with Crippen molar-refractivity contribution >= 4 is 11.7 Å². The van der Waals surface area contributed by atoms with Gasteiger partial charge in [0.15, 0.2) is 0 Å². The lowest BCUT2D eigenvalue weighted by Crippen LogP contribution is -2.32. The summed E-state index contributed by atoms with van der Waals surface area (Å²) in [6, 6.07) is 16.1. The minimum atomic E-state index is -0.159. The average Bonchev–Trinajstić information content (AvgIpc) is 2.54. The van der Waals surface area contributed by atoms with Crippen LogP contribution in [0.2, 0.25) is 0 Å². The molecule has 116 valence electrons. The normalized spacial score (nSPS) is 11.8. The van der Waals surface area contributed by atoms with Gasteiger partial charge in [0.05, 0.1) is 6.04 Å². The molecule has 0 heterocycles. The van der Waals surface area contributed by atoms with Crippen LogP contribution in [0.3, 0.4) is 0 Å². The molecule has 0 bridgehead atoms. The van der Waals surface area contributed by atoms with Gasteiger partial charge in [0, 0.05) is 5.69 Å². The van der Waals surface area contributed by atoms with Crippen LogP contribution < -0.4 is 10.6 Å². The summed E-state index contributed by atoms with van der Waals surface area (Å²) in [4.78, 5) is 12.3. The van der Waals surface area contributed by atoms with Crippen molar-refractivity contribution in [1.82, 2.24) is 5.32 Å². The molecule has 0 unspecified atom stereocenters. The van der Waals surface area contributed by atoms with Crippen molar-refractivity contribution in [3.8, 4) is 0 Å². The molecular formula is C19H24N2O. The summed E-state index contributed by atoms with van der Waals surface area (Å²) in [6.07, 6.45) is 1.75. The first-order valence-corrected chi connectivity index (χ1v) is 7.86. The Morgan fingerprint density at radius 3 is 2.36 bits per heavy atom. The van der Waals surface area contributed by atoms with Gasteiger partial charge in [0.1, 0.15) is 0 Å². The highest BCUT2D eigenvalue weighted by atomic mass is 16.2. The maximum absolute atomic E-state index is 12.3. The molecule has 2 amide bonds. The standard InChI is InChI=1S/C19H24N2O/c1-4-15-8-6-7-9-18(15)21-19(22)20-17(5-2)16-12-10-14(3)11-13-16/h6-13,17H,4-5H2,1-3H3,(H2,20,21,22)/t17-/m0/s1. The Kier molecular flexibility index (Phi) is 5.59.